The molecule has 0 aliphatic heterocycles. The minimum absolute atomic E-state index is 0.0216. The molecule has 1 unspecified atom stereocenters. The zero-order chi connectivity index (χ0) is 18.4. The summed E-state index contributed by atoms with van der Waals surface area (Å²) in [7, 11) is 0. The third-order valence-corrected chi connectivity index (χ3v) is 4.49. The first-order chi connectivity index (χ1) is 12.6. The molecular weight excluding hydrogens is 332 g/mol. The highest BCUT2D eigenvalue weighted by atomic mass is 16.5. The summed E-state index contributed by atoms with van der Waals surface area (Å²) >= 11 is 0. The van der Waals surface area contributed by atoms with Crippen molar-refractivity contribution >= 4 is 11.9 Å². The molecule has 1 aromatic carbocycles. The fourth-order valence-electron chi connectivity index (χ4n) is 2.79. The van der Waals surface area contributed by atoms with Crippen LogP contribution in [0.1, 0.15) is 54.1 Å². The molecule has 1 saturated carbocycles. The Labute approximate surface area is 152 Å². The van der Waals surface area contributed by atoms with Gasteiger partial charge in [-0.3, -0.25) is 9.59 Å². The number of pyridine rings is 1. The minimum Gasteiger partial charge on any atom is -0.481 e. The first-order valence-corrected chi connectivity index (χ1v) is 8.82. The summed E-state index contributed by atoms with van der Waals surface area (Å²) in [6, 6.07) is 12.3. The van der Waals surface area contributed by atoms with E-state index in [9.17, 15) is 9.59 Å². The first kappa shape index (κ1) is 17.9. The fourth-order valence-corrected chi connectivity index (χ4v) is 2.79. The van der Waals surface area contributed by atoms with Gasteiger partial charge in [0.15, 0.2) is 0 Å². The van der Waals surface area contributed by atoms with Gasteiger partial charge in [0.05, 0.1) is 6.04 Å². The molecule has 2 N–H and O–H groups in total. The van der Waals surface area contributed by atoms with Crippen LogP contribution < -0.4 is 10.1 Å². The molecule has 0 saturated heterocycles. The van der Waals surface area contributed by atoms with E-state index in [1.807, 2.05) is 30.3 Å². The molecule has 1 aliphatic carbocycles. The number of benzene rings is 1. The van der Waals surface area contributed by atoms with Crippen LogP contribution in [0.25, 0.3) is 0 Å². The second kappa shape index (κ2) is 8.47. The summed E-state index contributed by atoms with van der Waals surface area (Å²) in [4.78, 5) is 27.7. The van der Waals surface area contributed by atoms with Gasteiger partial charge in [-0.25, -0.2) is 4.98 Å². The number of aromatic nitrogens is 1. The van der Waals surface area contributed by atoms with Gasteiger partial charge in [-0.1, -0.05) is 30.3 Å². The lowest BCUT2D eigenvalue weighted by Crippen LogP contribution is -2.29. The summed E-state index contributed by atoms with van der Waals surface area (Å²) in [5.74, 6) is -0.713. The highest BCUT2D eigenvalue weighted by Gasteiger charge is 2.21. The lowest BCUT2D eigenvalue weighted by molar-refractivity contribution is -0.137. The average Bonchev–Trinajstić information content (AvgIpc) is 2.62. The second-order valence-corrected chi connectivity index (χ2v) is 6.42. The summed E-state index contributed by atoms with van der Waals surface area (Å²) in [6.07, 6.45) is 5.24. The van der Waals surface area contributed by atoms with E-state index in [1.54, 1.807) is 18.3 Å². The zero-order valence-corrected chi connectivity index (χ0v) is 14.4. The van der Waals surface area contributed by atoms with Crippen molar-refractivity contribution in [1.82, 2.24) is 10.3 Å². The Hall–Kier alpha value is -2.89. The normalized spacial score (nSPS) is 14.9. The van der Waals surface area contributed by atoms with Gasteiger partial charge in [0.2, 0.25) is 5.88 Å². The Morgan fingerprint density at radius 3 is 2.65 bits per heavy atom. The highest BCUT2D eigenvalue weighted by Crippen LogP contribution is 2.24. The molecule has 3 rings (SSSR count). The van der Waals surface area contributed by atoms with Crippen LogP contribution in [0, 0.1) is 0 Å². The Morgan fingerprint density at radius 2 is 2.00 bits per heavy atom. The zero-order valence-electron chi connectivity index (χ0n) is 14.4. The maximum atomic E-state index is 12.7. The van der Waals surface area contributed by atoms with Crippen molar-refractivity contribution in [2.75, 3.05) is 0 Å². The molecule has 0 spiro atoms. The second-order valence-electron chi connectivity index (χ2n) is 6.42. The number of carbonyl (C=O) groups is 2. The van der Waals surface area contributed by atoms with E-state index in [1.165, 1.54) is 0 Å². The van der Waals surface area contributed by atoms with Gasteiger partial charge in [-0.05, 0) is 37.3 Å². The molecule has 0 bridgehead atoms. The monoisotopic (exact) mass is 354 g/mol. The van der Waals surface area contributed by atoms with Crippen molar-refractivity contribution < 1.29 is 19.4 Å². The average molecular weight is 354 g/mol. The van der Waals surface area contributed by atoms with Crippen molar-refractivity contribution in [3.8, 4) is 5.88 Å². The van der Waals surface area contributed by atoms with Crippen LogP contribution in [0.3, 0.4) is 0 Å². The number of hydrogen-bond acceptors (Lipinski definition) is 4. The maximum Gasteiger partial charge on any atom is 0.303 e. The van der Waals surface area contributed by atoms with Crippen molar-refractivity contribution in [1.29, 1.82) is 0 Å². The van der Waals surface area contributed by atoms with Gasteiger partial charge in [0.25, 0.3) is 5.91 Å². The maximum absolute atomic E-state index is 12.7. The van der Waals surface area contributed by atoms with Crippen molar-refractivity contribution in [3.05, 3.63) is 59.8 Å². The minimum atomic E-state index is -0.889. The van der Waals surface area contributed by atoms with E-state index in [2.05, 4.69) is 10.3 Å². The van der Waals surface area contributed by atoms with E-state index in [-0.39, 0.29) is 24.5 Å². The van der Waals surface area contributed by atoms with Crippen LogP contribution in [0.5, 0.6) is 5.88 Å². The predicted molar refractivity (Wildman–Crippen MR) is 96.0 cm³/mol. The Bertz CT molecular complexity index is 759. The number of hydrogen-bond donors (Lipinski definition) is 2. The molecule has 6 nitrogen and oxygen atoms in total. The van der Waals surface area contributed by atoms with E-state index in [4.69, 9.17) is 9.84 Å². The number of rotatable bonds is 8. The van der Waals surface area contributed by atoms with Gasteiger partial charge in [0.1, 0.15) is 6.10 Å². The predicted octanol–water partition coefficient (Wildman–Crippen LogP) is 3.35. The highest BCUT2D eigenvalue weighted by molar-refractivity contribution is 5.94. The van der Waals surface area contributed by atoms with Crippen molar-refractivity contribution in [2.24, 2.45) is 0 Å². The molecule has 1 heterocycles. The number of aliphatic carboxylic acids is 1. The van der Waals surface area contributed by atoms with Gasteiger partial charge in [0, 0.05) is 24.2 Å². The van der Waals surface area contributed by atoms with Crippen LogP contribution in [-0.4, -0.2) is 28.1 Å². The summed E-state index contributed by atoms with van der Waals surface area (Å²) in [5, 5.41) is 11.9. The van der Waals surface area contributed by atoms with Crippen LogP contribution in [0.15, 0.2) is 48.7 Å². The quantitative estimate of drug-likeness (QED) is 0.759. The first-order valence-electron chi connectivity index (χ1n) is 8.82. The Kier molecular flexibility index (Phi) is 5.84. The SMILES string of the molecule is O=C(O)CCC(NC(=O)c1ccnc(OC2CCC2)c1)c1ccccc1. The molecule has 1 atom stereocenters. The number of amides is 1. The molecular formula is C20H22N2O4. The third-order valence-electron chi connectivity index (χ3n) is 4.49. The smallest absolute Gasteiger partial charge is 0.303 e. The van der Waals surface area contributed by atoms with E-state index in [0.717, 1.165) is 24.8 Å². The lowest BCUT2D eigenvalue weighted by Gasteiger charge is -2.25. The van der Waals surface area contributed by atoms with Gasteiger partial charge >= 0.3 is 5.97 Å². The van der Waals surface area contributed by atoms with Crippen molar-refractivity contribution in [2.45, 2.75) is 44.2 Å². The van der Waals surface area contributed by atoms with Crippen LogP contribution in [0.2, 0.25) is 0 Å². The van der Waals surface area contributed by atoms with E-state index < -0.39 is 5.97 Å². The number of ether oxygens (including phenoxy) is 1. The molecule has 26 heavy (non-hydrogen) atoms. The molecule has 136 valence electrons. The number of carboxylic acids is 1. The third kappa shape index (κ3) is 4.81. The molecule has 1 aromatic heterocycles. The Morgan fingerprint density at radius 1 is 1.23 bits per heavy atom. The van der Waals surface area contributed by atoms with E-state index in [0.29, 0.717) is 17.9 Å². The number of nitrogens with zero attached hydrogens (tertiary/aromatic N) is 1. The van der Waals surface area contributed by atoms with Crippen LogP contribution >= 0.6 is 0 Å². The summed E-state index contributed by atoms with van der Waals surface area (Å²) < 4.78 is 5.74. The molecule has 1 fully saturated rings. The van der Waals surface area contributed by atoms with Gasteiger partial charge in [-0.15, -0.1) is 0 Å². The topological polar surface area (TPSA) is 88.5 Å². The summed E-state index contributed by atoms with van der Waals surface area (Å²) in [6.45, 7) is 0. The molecule has 1 aliphatic rings. The van der Waals surface area contributed by atoms with Crippen LogP contribution in [-0.2, 0) is 4.79 Å². The van der Waals surface area contributed by atoms with Crippen LogP contribution in [0.4, 0.5) is 0 Å². The molecule has 1 amide bonds. The van der Waals surface area contributed by atoms with E-state index >= 15 is 0 Å². The Balaban J connectivity index is 1.70. The summed E-state index contributed by atoms with van der Waals surface area (Å²) in [5.41, 5.74) is 1.33. The number of nitrogens with one attached hydrogen (secondary N) is 1. The molecule has 6 heteroatoms. The molecule has 0 radical (unpaired) electrons. The van der Waals surface area contributed by atoms with Crippen molar-refractivity contribution in [3.63, 3.8) is 0 Å². The van der Waals surface area contributed by atoms with Gasteiger partial charge < -0.3 is 15.2 Å². The number of carboxylic acid groups (broad SMARTS) is 1. The standard InChI is InChI=1S/C20H22N2O4/c23-19(24)10-9-17(14-5-2-1-3-6-14)22-20(25)15-11-12-21-18(13-15)26-16-7-4-8-16/h1-3,5-6,11-13,16-17H,4,7-10H2,(H,22,25)(H,23,24). The fraction of sp³-hybridized carbons (Fsp3) is 0.350. The molecule has 2 aromatic rings. The lowest BCUT2D eigenvalue weighted by atomic mass is 9.96. The largest absolute Gasteiger partial charge is 0.481 e. The number of carbonyl (C=O) groups excluding carboxylic acids is 1. The van der Waals surface area contributed by atoms with Gasteiger partial charge in [-0.2, -0.15) is 0 Å².